The second-order valence-electron chi connectivity index (χ2n) is 5.83. The van der Waals surface area contributed by atoms with Gasteiger partial charge < -0.3 is 10.2 Å². The van der Waals surface area contributed by atoms with Crippen molar-refractivity contribution in [3.8, 4) is 0 Å². The molecular weight excluding hydrogens is 272 g/mol. The van der Waals surface area contributed by atoms with Gasteiger partial charge in [-0.25, -0.2) is 0 Å². The van der Waals surface area contributed by atoms with Crippen LogP contribution in [0.1, 0.15) is 46.5 Å². The fourth-order valence-electron chi connectivity index (χ4n) is 2.94. The third kappa shape index (κ3) is 3.30. The Bertz CT molecular complexity index is 371. The molecule has 3 unspecified atom stereocenters. The van der Waals surface area contributed by atoms with Gasteiger partial charge in [-0.2, -0.15) is 11.8 Å². The smallest absolute Gasteiger partial charge is 0.246 e. The molecule has 2 amide bonds. The fourth-order valence-corrected chi connectivity index (χ4v) is 3.74. The molecular formula is C15H26N2O2S. The number of hydrogen-bond donors (Lipinski definition) is 1. The fraction of sp³-hybridized carbons (Fsp3) is 0.867. The van der Waals surface area contributed by atoms with Crippen LogP contribution < -0.4 is 5.32 Å². The summed E-state index contributed by atoms with van der Waals surface area (Å²) in [5.74, 6) is 2.72. The van der Waals surface area contributed by atoms with Crippen molar-refractivity contribution < 1.29 is 9.59 Å². The second-order valence-corrected chi connectivity index (χ2v) is 7.22. The summed E-state index contributed by atoms with van der Waals surface area (Å²) >= 11 is 1.89. The number of hydrogen-bond acceptors (Lipinski definition) is 3. The third-order valence-corrected chi connectivity index (χ3v) is 5.23. The molecule has 20 heavy (non-hydrogen) atoms. The minimum Gasteiger partial charge on any atom is -0.342 e. The van der Waals surface area contributed by atoms with Gasteiger partial charge in [0.05, 0.1) is 0 Å². The highest BCUT2D eigenvalue weighted by Gasteiger charge is 2.47. The molecule has 0 radical (unpaired) electrons. The Morgan fingerprint density at radius 2 is 2.05 bits per heavy atom. The summed E-state index contributed by atoms with van der Waals surface area (Å²) in [6.45, 7) is 6.21. The molecule has 1 heterocycles. The monoisotopic (exact) mass is 298 g/mol. The summed E-state index contributed by atoms with van der Waals surface area (Å²) in [5, 5.41) is 2.95. The highest BCUT2D eigenvalue weighted by molar-refractivity contribution is 7.99. The molecule has 0 aromatic heterocycles. The maximum atomic E-state index is 12.7. The second kappa shape index (κ2) is 6.83. The molecule has 0 spiro atoms. The Hall–Kier alpha value is -0.710. The van der Waals surface area contributed by atoms with Crippen molar-refractivity contribution in [3.63, 3.8) is 0 Å². The van der Waals surface area contributed by atoms with Crippen molar-refractivity contribution in [3.05, 3.63) is 0 Å². The molecule has 1 aliphatic heterocycles. The molecule has 4 nitrogen and oxygen atoms in total. The standard InChI is InChI=1S/C15H26N2O2S/c1-4-12-14(18)16-13(11-6-7-11)15(19)17(12)10(3)8-9-20-5-2/h10-13H,4-9H2,1-3H3,(H,16,18). The van der Waals surface area contributed by atoms with E-state index in [4.69, 9.17) is 0 Å². The number of thioether (sulfide) groups is 1. The number of rotatable bonds is 7. The van der Waals surface area contributed by atoms with Gasteiger partial charge in [-0.1, -0.05) is 13.8 Å². The zero-order valence-electron chi connectivity index (χ0n) is 12.7. The first-order valence-electron chi connectivity index (χ1n) is 7.80. The van der Waals surface area contributed by atoms with Crippen LogP contribution in [0.5, 0.6) is 0 Å². The number of piperazine rings is 1. The number of nitrogens with zero attached hydrogens (tertiary/aromatic N) is 1. The minimum absolute atomic E-state index is 0.0407. The Kier molecular flexibility index (Phi) is 5.35. The number of nitrogens with one attached hydrogen (secondary N) is 1. The van der Waals surface area contributed by atoms with Crippen LogP contribution in [0.3, 0.4) is 0 Å². The van der Waals surface area contributed by atoms with Gasteiger partial charge in [0.25, 0.3) is 0 Å². The summed E-state index contributed by atoms with van der Waals surface area (Å²) in [6.07, 6.45) is 3.80. The molecule has 5 heteroatoms. The molecule has 1 saturated carbocycles. The topological polar surface area (TPSA) is 49.4 Å². The summed E-state index contributed by atoms with van der Waals surface area (Å²) in [7, 11) is 0. The number of amides is 2. The van der Waals surface area contributed by atoms with E-state index in [9.17, 15) is 9.59 Å². The van der Waals surface area contributed by atoms with Gasteiger partial charge in [0.1, 0.15) is 12.1 Å². The summed E-state index contributed by atoms with van der Waals surface area (Å²) in [5.41, 5.74) is 0. The Labute approximate surface area is 126 Å². The average Bonchev–Trinajstić information content (AvgIpc) is 3.25. The quantitative estimate of drug-likeness (QED) is 0.732. The van der Waals surface area contributed by atoms with Crippen molar-refractivity contribution in [2.45, 2.75) is 64.6 Å². The van der Waals surface area contributed by atoms with Crippen molar-refractivity contribution in [1.29, 1.82) is 0 Å². The number of carbonyl (C=O) groups excluding carboxylic acids is 2. The van der Waals surface area contributed by atoms with E-state index in [2.05, 4.69) is 19.2 Å². The van der Waals surface area contributed by atoms with E-state index < -0.39 is 0 Å². The Balaban J connectivity index is 2.07. The van der Waals surface area contributed by atoms with Crippen LogP contribution in [0.2, 0.25) is 0 Å². The van der Waals surface area contributed by atoms with Crippen molar-refractivity contribution in [2.24, 2.45) is 5.92 Å². The predicted molar refractivity (Wildman–Crippen MR) is 82.7 cm³/mol. The largest absolute Gasteiger partial charge is 0.342 e. The molecule has 3 atom stereocenters. The molecule has 1 N–H and O–H groups in total. The third-order valence-electron chi connectivity index (χ3n) is 4.30. The zero-order chi connectivity index (χ0) is 14.7. The maximum Gasteiger partial charge on any atom is 0.246 e. The zero-order valence-corrected chi connectivity index (χ0v) is 13.5. The van der Waals surface area contributed by atoms with E-state index in [1.807, 2.05) is 23.6 Å². The normalized spacial score (nSPS) is 28.4. The Morgan fingerprint density at radius 1 is 1.35 bits per heavy atom. The molecule has 1 aliphatic carbocycles. The van der Waals surface area contributed by atoms with Gasteiger partial charge in [-0.15, -0.1) is 0 Å². The lowest BCUT2D eigenvalue weighted by molar-refractivity contribution is -0.152. The van der Waals surface area contributed by atoms with Gasteiger partial charge in [-0.05, 0) is 50.0 Å². The Morgan fingerprint density at radius 3 is 2.60 bits per heavy atom. The lowest BCUT2D eigenvalue weighted by Gasteiger charge is -2.42. The van der Waals surface area contributed by atoms with E-state index in [-0.39, 0.29) is 29.9 Å². The molecule has 0 aromatic rings. The molecule has 2 rings (SSSR count). The molecule has 2 fully saturated rings. The van der Waals surface area contributed by atoms with Gasteiger partial charge >= 0.3 is 0 Å². The van der Waals surface area contributed by atoms with Gasteiger partial charge in [0.2, 0.25) is 11.8 Å². The summed E-state index contributed by atoms with van der Waals surface area (Å²) < 4.78 is 0. The van der Waals surface area contributed by atoms with Gasteiger partial charge in [0.15, 0.2) is 0 Å². The molecule has 114 valence electrons. The highest BCUT2D eigenvalue weighted by Crippen LogP contribution is 2.36. The van der Waals surface area contributed by atoms with Crippen molar-refractivity contribution >= 4 is 23.6 Å². The van der Waals surface area contributed by atoms with Crippen LogP contribution in [0.25, 0.3) is 0 Å². The average molecular weight is 298 g/mol. The molecule has 2 aliphatic rings. The lowest BCUT2D eigenvalue weighted by Crippen LogP contribution is -2.65. The van der Waals surface area contributed by atoms with Crippen LogP contribution in [-0.2, 0) is 9.59 Å². The van der Waals surface area contributed by atoms with Gasteiger partial charge in [-0.3, -0.25) is 9.59 Å². The van der Waals surface area contributed by atoms with Crippen LogP contribution in [-0.4, -0.2) is 46.3 Å². The van der Waals surface area contributed by atoms with Crippen LogP contribution in [0.15, 0.2) is 0 Å². The van der Waals surface area contributed by atoms with E-state index in [1.165, 1.54) is 0 Å². The van der Waals surface area contributed by atoms with E-state index in [0.717, 1.165) is 30.8 Å². The SMILES string of the molecule is CCSCCC(C)N1C(=O)C(C2CC2)NC(=O)C1CC. The van der Waals surface area contributed by atoms with E-state index in [1.54, 1.807) is 0 Å². The van der Waals surface area contributed by atoms with Crippen LogP contribution in [0.4, 0.5) is 0 Å². The van der Waals surface area contributed by atoms with Gasteiger partial charge in [0, 0.05) is 6.04 Å². The summed E-state index contributed by atoms with van der Waals surface area (Å²) in [6, 6.07) is -0.385. The molecule has 0 aromatic carbocycles. The first-order chi connectivity index (χ1) is 9.60. The maximum absolute atomic E-state index is 12.7. The first-order valence-corrected chi connectivity index (χ1v) is 8.95. The number of carbonyl (C=O) groups is 2. The highest BCUT2D eigenvalue weighted by atomic mass is 32.2. The molecule has 0 bridgehead atoms. The van der Waals surface area contributed by atoms with Crippen molar-refractivity contribution in [1.82, 2.24) is 10.2 Å². The predicted octanol–water partition coefficient (Wildman–Crippen LogP) is 2.03. The summed E-state index contributed by atoms with van der Waals surface area (Å²) in [4.78, 5) is 26.8. The minimum atomic E-state index is -0.279. The first kappa shape index (κ1) is 15.7. The molecule has 1 saturated heterocycles. The van der Waals surface area contributed by atoms with E-state index in [0.29, 0.717) is 12.3 Å². The van der Waals surface area contributed by atoms with Crippen molar-refractivity contribution in [2.75, 3.05) is 11.5 Å². The lowest BCUT2D eigenvalue weighted by atomic mass is 9.99. The van der Waals surface area contributed by atoms with Crippen LogP contribution >= 0.6 is 11.8 Å². The van der Waals surface area contributed by atoms with Crippen LogP contribution in [0, 0.1) is 5.92 Å². The van der Waals surface area contributed by atoms with E-state index >= 15 is 0 Å².